The molecule has 1 saturated carbocycles. The van der Waals surface area contributed by atoms with Gasteiger partial charge < -0.3 is 20.1 Å². The molecule has 0 heterocycles. The number of ether oxygens (including phenoxy) is 2. The van der Waals surface area contributed by atoms with Crippen LogP contribution in [0.2, 0.25) is 0 Å². The first-order valence-electron chi connectivity index (χ1n) is 12.3. The molecule has 0 aliphatic heterocycles. The zero-order valence-electron chi connectivity index (χ0n) is 21.8. The van der Waals surface area contributed by atoms with E-state index in [4.69, 9.17) is 4.74 Å². The van der Waals surface area contributed by atoms with E-state index < -0.39 is 46.6 Å². The minimum Gasteiger partial charge on any atom is -0.484 e. The highest BCUT2D eigenvalue weighted by Crippen LogP contribution is 2.37. The van der Waals surface area contributed by atoms with Gasteiger partial charge in [-0.25, -0.2) is 4.79 Å². The maximum Gasteiger partial charge on any atom is 0.573 e. The number of nitro benzene ring substituents is 1. The molecule has 0 spiro atoms. The molecule has 1 aliphatic rings. The summed E-state index contributed by atoms with van der Waals surface area (Å²) in [6.07, 6.45) is -8.59. The Morgan fingerprint density at radius 3 is 2.10 bits per heavy atom. The molecule has 2 amide bonds. The normalized spacial score (nSPS) is 16.9. The van der Waals surface area contributed by atoms with Crippen LogP contribution in [0.15, 0.2) is 42.5 Å². The molecule has 0 bridgehead atoms. The fourth-order valence-electron chi connectivity index (χ4n) is 3.56. The molecule has 0 atom stereocenters. The van der Waals surface area contributed by atoms with Crippen LogP contribution in [0.3, 0.4) is 0 Å². The molecular weight excluding hydrogens is 536 g/mol. The first kappa shape index (κ1) is 33.3. The summed E-state index contributed by atoms with van der Waals surface area (Å²) < 4.78 is 84.9. The van der Waals surface area contributed by atoms with Gasteiger partial charge in [0.1, 0.15) is 5.75 Å². The second-order valence-corrected chi connectivity index (χ2v) is 7.70. The lowest BCUT2D eigenvalue weighted by Gasteiger charge is -2.29. The molecule has 14 heteroatoms. The number of benzene rings is 2. The molecule has 1 fully saturated rings. The van der Waals surface area contributed by atoms with Gasteiger partial charge in [0, 0.05) is 23.9 Å². The van der Waals surface area contributed by atoms with Gasteiger partial charge in [-0.05, 0) is 49.9 Å². The molecule has 0 radical (unpaired) electrons. The number of hydrogen-bond donors (Lipinski definition) is 2. The number of carbonyl (C=O) groups excluding carboxylic acids is 1. The van der Waals surface area contributed by atoms with Crippen molar-refractivity contribution in [3.05, 3.63) is 58.1 Å². The Kier molecular flexibility index (Phi) is 12.8. The van der Waals surface area contributed by atoms with E-state index in [-0.39, 0.29) is 17.5 Å². The van der Waals surface area contributed by atoms with Gasteiger partial charge in [-0.1, -0.05) is 33.8 Å². The molecule has 8 nitrogen and oxygen atoms in total. The van der Waals surface area contributed by atoms with Gasteiger partial charge in [0.05, 0.1) is 16.6 Å². The molecule has 3 rings (SSSR count). The van der Waals surface area contributed by atoms with Crippen LogP contribution in [0.25, 0.3) is 0 Å². The smallest absolute Gasteiger partial charge is 0.484 e. The molecular formula is C25H31F6N3O5. The third kappa shape index (κ3) is 11.3. The predicted molar refractivity (Wildman–Crippen MR) is 133 cm³/mol. The van der Waals surface area contributed by atoms with Crippen molar-refractivity contribution in [2.45, 2.75) is 78.1 Å². The predicted octanol–water partition coefficient (Wildman–Crippen LogP) is 8.08. The van der Waals surface area contributed by atoms with Crippen molar-refractivity contribution in [3.63, 3.8) is 0 Å². The summed E-state index contributed by atoms with van der Waals surface area (Å²) in [5.41, 5.74) is -1.88. The fourth-order valence-corrected chi connectivity index (χ4v) is 3.56. The number of nitrogens with one attached hydrogen (secondary N) is 2. The number of alkyl halides is 6. The number of hydrogen-bond acceptors (Lipinski definition) is 5. The number of nitro groups is 1. The second kappa shape index (κ2) is 15.0. The standard InChI is InChI=1S/C21H19F6N3O5.2C2H6/c22-20(23,24)12-4-9-18(17(10-12)30(32)33)34-15-7-5-13(6-8-15)28-19(31)29-14-2-1-3-16(11-14)35-21(25,26)27;2*1-2/h1-4,9-11,13,15H,5-8H2,(H2,28,29,31);2*1-2H3. The summed E-state index contributed by atoms with van der Waals surface area (Å²) in [5.74, 6) is -0.775. The lowest BCUT2D eigenvalue weighted by Crippen LogP contribution is -2.41. The minimum atomic E-state index is -4.87. The van der Waals surface area contributed by atoms with Crippen LogP contribution in [0.5, 0.6) is 11.5 Å². The lowest BCUT2D eigenvalue weighted by molar-refractivity contribution is -0.386. The summed E-state index contributed by atoms with van der Waals surface area (Å²) in [7, 11) is 0. The number of rotatable bonds is 6. The fraction of sp³-hybridized carbons (Fsp3) is 0.480. The molecule has 2 aromatic carbocycles. The Labute approximate surface area is 221 Å². The maximum absolute atomic E-state index is 12.8. The van der Waals surface area contributed by atoms with E-state index in [0.29, 0.717) is 37.8 Å². The average Bonchev–Trinajstić information content (AvgIpc) is 2.86. The summed E-state index contributed by atoms with van der Waals surface area (Å²) in [4.78, 5) is 22.4. The van der Waals surface area contributed by atoms with Crippen LogP contribution >= 0.6 is 0 Å². The van der Waals surface area contributed by atoms with Gasteiger partial charge in [0.25, 0.3) is 0 Å². The second-order valence-electron chi connectivity index (χ2n) is 7.70. The van der Waals surface area contributed by atoms with Crippen molar-refractivity contribution in [3.8, 4) is 11.5 Å². The van der Waals surface area contributed by atoms with Crippen LogP contribution in [-0.2, 0) is 6.18 Å². The van der Waals surface area contributed by atoms with Crippen LogP contribution in [0, 0.1) is 10.1 Å². The Bertz CT molecular complexity index is 1070. The van der Waals surface area contributed by atoms with E-state index in [0.717, 1.165) is 18.2 Å². The summed E-state index contributed by atoms with van der Waals surface area (Å²) in [6, 6.07) is 5.81. The van der Waals surface area contributed by atoms with Gasteiger partial charge in [0.2, 0.25) is 0 Å². The summed E-state index contributed by atoms with van der Waals surface area (Å²) in [6.45, 7) is 8.00. The molecule has 0 saturated heterocycles. The van der Waals surface area contributed by atoms with Crippen LogP contribution in [0.4, 0.5) is 42.5 Å². The lowest BCUT2D eigenvalue weighted by atomic mass is 9.93. The van der Waals surface area contributed by atoms with E-state index in [1.54, 1.807) is 0 Å². The molecule has 0 aromatic heterocycles. The van der Waals surface area contributed by atoms with Gasteiger partial charge in [-0.15, -0.1) is 13.2 Å². The maximum atomic E-state index is 12.8. The van der Waals surface area contributed by atoms with Crippen molar-refractivity contribution in [2.75, 3.05) is 5.32 Å². The number of halogens is 6. The van der Waals surface area contributed by atoms with E-state index in [1.165, 1.54) is 12.1 Å². The highest BCUT2D eigenvalue weighted by molar-refractivity contribution is 5.89. The quantitative estimate of drug-likeness (QED) is 0.209. The third-order valence-corrected chi connectivity index (χ3v) is 5.11. The Morgan fingerprint density at radius 1 is 0.949 bits per heavy atom. The highest BCUT2D eigenvalue weighted by Gasteiger charge is 2.34. The molecule has 2 aromatic rings. The number of carbonyl (C=O) groups is 1. The van der Waals surface area contributed by atoms with E-state index in [1.807, 2.05) is 27.7 Å². The number of amides is 2. The Balaban J connectivity index is 0.00000181. The topological polar surface area (TPSA) is 103 Å². The third-order valence-electron chi connectivity index (χ3n) is 5.11. The van der Waals surface area contributed by atoms with Crippen molar-refractivity contribution >= 4 is 17.4 Å². The number of nitrogens with zero attached hydrogens (tertiary/aromatic N) is 1. The Hall–Kier alpha value is -3.71. The first-order valence-corrected chi connectivity index (χ1v) is 12.3. The SMILES string of the molecule is CC.CC.O=C(Nc1cccc(OC(F)(F)F)c1)NC1CCC(Oc2ccc(C(F)(F)F)cc2[N+](=O)[O-])CC1. The van der Waals surface area contributed by atoms with Gasteiger partial charge in [0.15, 0.2) is 5.75 Å². The molecule has 0 unspecified atom stereocenters. The Morgan fingerprint density at radius 2 is 1.56 bits per heavy atom. The van der Waals surface area contributed by atoms with E-state index in [9.17, 15) is 41.3 Å². The molecule has 39 heavy (non-hydrogen) atoms. The number of urea groups is 1. The zero-order chi connectivity index (χ0) is 29.8. The monoisotopic (exact) mass is 567 g/mol. The van der Waals surface area contributed by atoms with Crippen LogP contribution < -0.4 is 20.1 Å². The zero-order valence-corrected chi connectivity index (χ0v) is 21.8. The summed E-state index contributed by atoms with van der Waals surface area (Å²) >= 11 is 0. The molecule has 218 valence electrons. The van der Waals surface area contributed by atoms with Crippen LogP contribution in [0.1, 0.15) is 58.9 Å². The van der Waals surface area contributed by atoms with Gasteiger partial charge in [-0.2, -0.15) is 13.2 Å². The van der Waals surface area contributed by atoms with Crippen molar-refractivity contribution in [1.82, 2.24) is 5.32 Å². The summed E-state index contributed by atoms with van der Waals surface area (Å²) in [5, 5.41) is 16.3. The van der Waals surface area contributed by atoms with Gasteiger partial charge in [-0.3, -0.25) is 10.1 Å². The van der Waals surface area contributed by atoms with E-state index in [2.05, 4.69) is 15.4 Å². The average molecular weight is 568 g/mol. The van der Waals surface area contributed by atoms with Crippen molar-refractivity contribution in [2.24, 2.45) is 0 Å². The van der Waals surface area contributed by atoms with Crippen molar-refractivity contribution in [1.29, 1.82) is 0 Å². The largest absolute Gasteiger partial charge is 0.573 e. The first-order chi connectivity index (χ1) is 18.3. The van der Waals surface area contributed by atoms with Crippen LogP contribution in [-0.4, -0.2) is 29.5 Å². The van der Waals surface area contributed by atoms with E-state index >= 15 is 0 Å². The molecule has 2 N–H and O–H groups in total. The van der Waals surface area contributed by atoms with Crippen molar-refractivity contribution < 1.29 is 45.5 Å². The highest BCUT2D eigenvalue weighted by atomic mass is 19.4. The molecule has 1 aliphatic carbocycles. The number of anilines is 1. The van der Waals surface area contributed by atoms with Gasteiger partial charge >= 0.3 is 24.3 Å². The minimum absolute atomic E-state index is 0.0795.